The Morgan fingerprint density at radius 2 is 1.86 bits per heavy atom. The molecular weight excluding hydrogens is 174 g/mol. The molecule has 1 saturated carbocycles. The average Bonchev–Trinajstić information content (AvgIpc) is 2.84. The van der Waals surface area contributed by atoms with E-state index in [0.717, 1.165) is 12.3 Å². The molecule has 0 saturated heterocycles. The van der Waals surface area contributed by atoms with Crippen LogP contribution in [0.15, 0.2) is 0 Å². The van der Waals surface area contributed by atoms with Crippen molar-refractivity contribution in [3.8, 4) is 0 Å². The minimum atomic E-state index is 0.0995. The highest BCUT2D eigenvalue weighted by Crippen LogP contribution is 2.34. The summed E-state index contributed by atoms with van der Waals surface area (Å²) in [6, 6.07) is 0.504. The van der Waals surface area contributed by atoms with E-state index in [1.807, 2.05) is 13.8 Å². The lowest BCUT2D eigenvalue weighted by Gasteiger charge is -2.21. The lowest BCUT2D eigenvalue weighted by molar-refractivity contribution is -0.124. The van der Waals surface area contributed by atoms with Gasteiger partial charge in [0, 0.05) is 12.0 Å². The number of nitrogens with one attached hydrogen (secondary N) is 1. The highest BCUT2D eigenvalue weighted by atomic mass is 16.1. The standard InChI is InChI=1S/C12H23NO/c1-8(2)12(14)11(13-9(3)4)7-10-5-6-10/h8-11,13H,5-7H2,1-4H3/t11-/m0/s1. The van der Waals surface area contributed by atoms with Crippen molar-refractivity contribution >= 4 is 5.78 Å². The van der Waals surface area contributed by atoms with Crippen LogP contribution in [-0.4, -0.2) is 17.9 Å². The summed E-state index contributed by atoms with van der Waals surface area (Å²) in [6.07, 6.45) is 3.69. The van der Waals surface area contributed by atoms with E-state index in [9.17, 15) is 4.79 Å². The summed E-state index contributed by atoms with van der Waals surface area (Å²) in [6.45, 7) is 8.19. The van der Waals surface area contributed by atoms with E-state index in [0.29, 0.717) is 11.8 Å². The largest absolute Gasteiger partial charge is 0.305 e. The first-order valence-corrected chi connectivity index (χ1v) is 5.80. The van der Waals surface area contributed by atoms with Crippen molar-refractivity contribution in [2.75, 3.05) is 0 Å². The lowest BCUT2D eigenvalue weighted by atomic mass is 9.97. The SMILES string of the molecule is CC(C)N[C@@H](CC1CC1)C(=O)C(C)C. The summed E-state index contributed by atoms with van der Waals surface area (Å²) in [5, 5.41) is 3.38. The molecule has 2 nitrogen and oxygen atoms in total. The zero-order valence-corrected chi connectivity index (χ0v) is 9.84. The Labute approximate surface area is 87.5 Å². The first kappa shape index (κ1) is 11.7. The molecule has 1 N–H and O–H groups in total. The van der Waals surface area contributed by atoms with E-state index in [4.69, 9.17) is 0 Å². The predicted molar refractivity (Wildman–Crippen MR) is 59.2 cm³/mol. The van der Waals surface area contributed by atoms with Crippen molar-refractivity contribution in [1.82, 2.24) is 5.32 Å². The Morgan fingerprint density at radius 3 is 2.21 bits per heavy atom. The van der Waals surface area contributed by atoms with Gasteiger partial charge in [0.15, 0.2) is 5.78 Å². The van der Waals surface area contributed by atoms with Crippen LogP contribution in [0.4, 0.5) is 0 Å². The molecule has 0 aliphatic heterocycles. The molecule has 1 aliphatic rings. The van der Waals surface area contributed by atoms with Crippen molar-refractivity contribution in [1.29, 1.82) is 0 Å². The minimum absolute atomic E-state index is 0.0995. The van der Waals surface area contributed by atoms with Gasteiger partial charge in [-0.3, -0.25) is 4.79 Å². The van der Waals surface area contributed by atoms with Crippen LogP contribution in [0.2, 0.25) is 0 Å². The van der Waals surface area contributed by atoms with Gasteiger partial charge in [0.2, 0.25) is 0 Å². The van der Waals surface area contributed by atoms with E-state index >= 15 is 0 Å². The number of hydrogen-bond acceptors (Lipinski definition) is 2. The summed E-state index contributed by atoms with van der Waals surface area (Å²) in [5.41, 5.74) is 0. The zero-order chi connectivity index (χ0) is 10.7. The molecule has 0 aromatic carbocycles. The number of hydrogen-bond donors (Lipinski definition) is 1. The second-order valence-corrected chi connectivity index (χ2v) is 5.11. The van der Waals surface area contributed by atoms with Gasteiger partial charge in [0.1, 0.15) is 0 Å². The second-order valence-electron chi connectivity index (χ2n) is 5.11. The van der Waals surface area contributed by atoms with Gasteiger partial charge >= 0.3 is 0 Å². The van der Waals surface area contributed by atoms with Crippen molar-refractivity contribution < 1.29 is 4.79 Å². The van der Waals surface area contributed by atoms with Crippen LogP contribution in [0, 0.1) is 11.8 Å². The molecule has 0 aromatic rings. The van der Waals surface area contributed by atoms with Crippen LogP contribution in [0.5, 0.6) is 0 Å². The highest BCUT2D eigenvalue weighted by Gasteiger charge is 2.30. The third-order valence-electron chi connectivity index (χ3n) is 2.71. The van der Waals surface area contributed by atoms with Crippen LogP contribution in [0.1, 0.15) is 47.0 Å². The van der Waals surface area contributed by atoms with Crippen LogP contribution < -0.4 is 5.32 Å². The highest BCUT2D eigenvalue weighted by molar-refractivity contribution is 5.85. The van der Waals surface area contributed by atoms with E-state index < -0.39 is 0 Å². The number of Topliss-reactive ketones (excluding diaryl/α,β-unsaturated/α-hetero) is 1. The molecular formula is C12H23NO. The Hall–Kier alpha value is -0.370. The number of carbonyl (C=O) groups excluding carboxylic acids is 1. The molecule has 1 rings (SSSR count). The maximum atomic E-state index is 11.9. The first-order valence-electron chi connectivity index (χ1n) is 5.80. The van der Waals surface area contributed by atoms with E-state index in [-0.39, 0.29) is 12.0 Å². The Morgan fingerprint density at radius 1 is 1.29 bits per heavy atom. The molecule has 1 aliphatic carbocycles. The molecule has 0 unspecified atom stereocenters. The summed E-state index contributed by atoms with van der Waals surface area (Å²) < 4.78 is 0. The van der Waals surface area contributed by atoms with E-state index in [1.54, 1.807) is 0 Å². The minimum Gasteiger partial charge on any atom is -0.305 e. The first-order chi connectivity index (χ1) is 6.50. The van der Waals surface area contributed by atoms with E-state index in [2.05, 4.69) is 19.2 Å². The smallest absolute Gasteiger partial charge is 0.152 e. The third kappa shape index (κ3) is 3.79. The molecule has 2 heteroatoms. The molecule has 0 radical (unpaired) electrons. The monoisotopic (exact) mass is 197 g/mol. The Balaban J connectivity index is 2.45. The number of ketones is 1. The number of rotatable bonds is 6. The fraction of sp³-hybridized carbons (Fsp3) is 0.917. The maximum Gasteiger partial charge on any atom is 0.152 e. The maximum absolute atomic E-state index is 11.9. The summed E-state index contributed by atoms with van der Waals surface area (Å²) >= 11 is 0. The molecule has 1 fully saturated rings. The van der Waals surface area contributed by atoms with Crippen LogP contribution in [-0.2, 0) is 4.79 Å². The normalized spacial score (nSPS) is 19.0. The van der Waals surface area contributed by atoms with Crippen molar-refractivity contribution in [2.45, 2.75) is 59.0 Å². The Bertz CT molecular complexity index is 190. The fourth-order valence-electron chi connectivity index (χ4n) is 1.76. The third-order valence-corrected chi connectivity index (χ3v) is 2.71. The zero-order valence-electron chi connectivity index (χ0n) is 9.84. The Kier molecular flexibility index (Phi) is 4.11. The van der Waals surface area contributed by atoms with Crippen molar-refractivity contribution in [3.05, 3.63) is 0 Å². The molecule has 14 heavy (non-hydrogen) atoms. The van der Waals surface area contributed by atoms with Gasteiger partial charge in [-0.2, -0.15) is 0 Å². The summed E-state index contributed by atoms with van der Waals surface area (Å²) in [5.74, 6) is 1.35. The fourth-order valence-corrected chi connectivity index (χ4v) is 1.76. The van der Waals surface area contributed by atoms with Crippen LogP contribution >= 0.6 is 0 Å². The lowest BCUT2D eigenvalue weighted by Crippen LogP contribution is -2.43. The van der Waals surface area contributed by atoms with Crippen LogP contribution in [0.25, 0.3) is 0 Å². The summed E-state index contributed by atoms with van der Waals surface area (Å²) in [7, 11) is 0. The molecule has 0 heterocycles. The molecule has 1 atom stereocenters. The quantitative estimate of drug-likeness (QED) is 0.708. The van der Waals surface area contributed by atoms with Gasteiger partial charge in [-0.25, -0.2) is 0 Å². The molecule has 0 aromatic heterocycles. The van der Waals surface area contributed by atoms with Gasteiger partial charge in [0.05, 0.1) is 6.04 Å². The van der Waals surface area contributed by atoms with Crippen molar-refractivity contribution in [2.24, 2.45) is 11.8 Å². The van der Waals surface area contributed by atoms with Crippen molar-refractivity contribution in [3.63, 3.8) is 0 Å². The topological polar surface area (TPSA) is 29.1 Å². The van der Waals surface area contributed by atoms with Gasteiger partial charge in [-0.05, 0) is 12.3 Å². The second kappa shape index (κ2) is 4.92. The average molecular weight is 197 g/mol. The molecule has 0 spiro atoms. The van der Waals surface area contributed by atoms with E-state index in [1.165, 1.54) is 12.8 Å². The molecule has 0 amide bonds. The van der Waals surface area contributed by atoms with Gasteiger partial charge in [-0.15, -0.1) is 0 Å². The number of carbonyl (C=O) groups is 1. The van der Waals surface area contributed by atoms with Gasteiger partial charge < -0.3 is 5.32 Å². The van der Waals surface area contributed by atoms with Gasteiger partial charge in [-0.1, -0.05) is 40.5 Å². The van der Waals surface area contributed by atoms with Gasteiger partial charge in [0.25, 0.3) is 0 Å². The van der Waals surface area contributed by atoms with Crippen LogP contribution in [0.3, 0.4) is 0 Å². The predicted octanol–water partition coefficient (Wildman–Crippen LogP) is 2.38. The molecule has 82 valence electrons. The summed E-state index contributed by atoms with van der Waals surface area (Å²) in [4.78, 5) is 11.9. The molecule has 0 bridgehead atoms.